The lowest BCUT2D eigenvalue weighted by Crippen LogP contribution is -2.20. The van der Waals surface area contributed by atoms with Gasteiger partial charge in [-0.3, -0.25) is 15.1 Å². The fourth-order valence-electron chi connectivity index (χ4n) is 1.56. The van der Waals surface area contributed by atoms with E-state index in [1.165, 1.54) is 17.5 Å². The van der Waals surface area contributed by atoms with Gasteiger partial charge in [0.25, 0.3) is 0 Å². The molecule has 7 nitrogen and oxygen atoms in total. The molecule has 0 aliphatic heterocycles. The number of aromatic nitrogens is 1. The maximum Gasteiger partial charge on any atom is 0.331 e. The second-order valence-electron chi connectivity index (χ2n) is 3.70. The summed E-state index contributed by atoms with van der Waals surface area (Å²) in [6.07, 6.45) is 2.43. The number of aliphatic carboxylic acids is 1. The molecule has 20 heavy (non-hydrogen) atoms. The van der Waals surface area contributed by atoms with Crippen LogP contribution in [0.4, 0.5) is 11.4 Å². The number of nitrogens with one attached hydrogen (secondary N) is 1. The average Bonchev–Trinajstić information content (AvgIpc) is 2.90. The SMILES string of the molecule is O=C(O)C(Nc1c(Br)cncc1[N+](=O)[O-])c1cccs1. The Labute approximate surface area is 125 Å². The number of nitrogens with zero attached hydrogens (tertiary/aromatic N) is 2. The van der Waals surface area contributed by atoms with E-state index in [1.807, 2.05) is 0 Å². The van der Waals surface area contributed by atoms with E-state index >= 15 is 0 Å². The molecule has 0 amide bonds. The van der Waals surface area contributed by atoms with Gasteiger partial charge in [0.15, 0.2) is 6.04 Å². The zero-order chi connectivity index (χ0) is 14.7. The zero-order valence-electron chi connectivity index (χ0n) is 9.82. The van der Waals surface area contributed by atoms with Crippen LogP contribution in [-0.4, -0.2) is 21.0 Å². The lowest BCUT2D eigenvalue weighted by atomic mass is 10.2. The summed E-state index contributed by atoms with van der Waals surface area (Å²) in [7, 11) is 0. The highest BCUT2D eigenvalue weighted by molar-refractivity contribution is 9.10. The second-order valence-corrected chi connectivity index (χ2v) is 5.54. The quantitative estimate of drug-likeness (QED) is 0.629. The van der Waals surface area contributed by atoms with Crippen LogP contribution in [0.5, 0.6) is 0 Å². The van der Waals surface area contributed by atoms with E-state index in [0.29, 0.717) is 9.35 Å². The Morgan fingerprint density at radius 1 is 1.55 bits per heavy atom. The Bertz CT molecular complexity index is 647. The van der Waals surface area contributed by atoms with E-state index in [1.54, 1.807) is 17.5 Å². The van der Waals surface area contributed by atoms with Crippen molar-refractivity contribution in [1.29, 1.82) is 0 Å². The maximum absolute atomic E-state index is 11.3. The summed E-state index contributed by atoms with van der Waals surface area (Å²) >= 11 is 4.39. The lowest BCUT2D eigenvalue weighted by Gasteiger charge is -2.15. The molecule has 0 aliphatic carbocycles. The van der Waals surface area contributed by atoms with Crippen LogP contribution in [-0.2, 0) is 4.79 Å². The number of carboxylic acids is 1. The van der Waals surface area contributed by atoms with Crippen molar-refractivity contribution in [2.75, 3.05) is 5.32 Å². The van der Waals surface area contributed by atoms with Crippen molar-refractivity contribution in [1.82, 2.24) is 4.98 Å². The normalized spacial score (nSPS) is 11.8. The monoisotopic (exact) mass is 357 g/mol. The summed E-state index contributed by atoms with van der Waals surface area (Å²) < 4.78 is 0.328. The fraction of sp³-hybridized carbons (Fsp3) is 0.0909. The van der Waals surface area contributed by atoms with Gasteiger partial charge in [-0.15, -0.1) is 11.3 Å². The molecule has 0 aromatic carbocycles. The Morgan fingerprint density at radius 2 is 2.30 bits per heavy atom. The Balaban J connectivity index is 2.42. The number of rotatable bonds is 5. The first-order valence-electron chi connectivity index (χ1n) is 5.31. The molecular weight excluding hydrogens is 350 g/mol. The van der Waals surface area contributed by atoms with E-state index in [9.17, 15) is 20.0 Å². The second kappa shape index (κ2) is 5.97. The number of hydrogen-bond donors (Lipinski definition) is 2. The molecule has 0 radical (unpaired) electrons. The first kappa shape index (κ1) is 14.4. The van der Waals surface area contributed by atoms with E-state index < -0.39 is 16.9 Å². The standard InChI is InChI=1S/C11H8BrN3O4S/c12-6-4-13-5-7(15(18)19)9(6)14-10(11(16)17)8-2-1-3-20-8/h1-5,10H,(H,13,14)(H,16,17). The first-order chi connectivity index (χ1) is 9.50. The Morgan fingerprint density at radius 3 is 2.85 bits per heavy atom. The third-order valence-corrected chi connectivity index (χ3v) is 3.98. The molecule has 2 heterocycles. The number of carbonyl (C=O) groups is 1. The van der Waals surface area contributed by atoms with Gasteiger partial charge in [-0.25, -0.2) is 4.79 Å². The van der Waals surface area contributed by atoms with Crippen molar-refractivity contribution in [3.05, 3.63) is 49.4 Å². The molecule has 2 N–H and O–H groups in total. The molecule has 2 rings (SSSR count). The van der Waals surface area contributed by atoms with E-state index in [0.717, 1.165) is 6.20 Å². The number of nitro groups is 1. The van der Waals surface area contributed by atoms with Crippen molar-refractivity contribution in [3.8, 4) is 0 Å². The molecule has 1 unspecified atom stereocenters. The molecule has 1 atom stereocenters. The highest BCUT2D eigenvalue weighted by Gasteiger charge is 2.26. The summed E-state index contributed by atoms with van der Waals surface area (Å²) in [6.45, 7) is 0. The summed E-state index contributed by atoms with van der Waals surface area (Å²) in [5.74, 6) is -1.12. The minimum absolute atomic E-state index is 0.0887. The molecule has 2 aromatic heterocycles. The molecule has 9 heteroatoms. The predicted molar refractivity (Wildman–Crippen MR) is 76.9 cm³/mol. The van der Waals surface area contributed by atoms with Crippen molar-refractivity contribution >= 4 is 44.6 Å². The molecule has 0 aliphatic rings. The summed E-state index contributed by atoms with van der Waals surface area (Å²) in [5.41, 5.74) is -0.201. The van der Waals surface area contributed by atoms with Crippen LogP contribution in [0, 0.1) is 10.1 Å². The van der Waals surface area contributed by atoms with Crippen molar-refractivity contribution in [2.45, 2.75) is 6.04 Å². The average molecular weight is 358 g/mol. The van der Waals surface area contributed by atoms with Crippen LogP contribution >= 0.6 is 27.3 Å². The molecule has 2 aromatic rings. The van der Waals surface area contributed by atoms with Crippen LogP contribution in [0.1, 0.15) is 10.9 Å². The summed E-state index contributed by atoms with van der Waals surface area (Å²) in [5, 5.41) is 24.7. The van der Waals surface area contributed by atoms with Gasteiger partial charge in [-0.2, -0.15) is 0 Å². The predicted octanol–water partition coefficient (Wildman–Crippen LogP) is 3.05. The molecular formula is C11H8BrN3O4S. The molecule has 0 saturated heterocycles. The van der Waals surface area contributed by atoms with Crippen LogP contribution in [0.15, 0.2) is 34.4 Å². The minimum atomic E-state index is -1.12. The van der Waals surface area contributed by atoms with Crippen LogP contribution in [0.2, 0.25) is 0 Å². The molecule has 0 fully saturated rings. The van der Waals surface area contributed by atoms with Gasteiger partial charge in [0.1, 0.15) is 11.9 Å². The van der Waals surface area contributed by atoms with Crippen molar-refractivity contribution in [2.24, 2.45) is 0 Å². The number of thiophene rings is 1. The van der Waals surface area contributed by atoms with Crippen molar-refractivity contribution < 1.29 is 14.8 Å². The van der Waals surface area contributed by atoms with Crippen molar-refractivity contribution in [3.63, 3.8) is 0 Å². The van der Waals surface area contributed by atoms with Gasteiger partial charge in [0, 0.05) is 11.1 Å². The van der Waals surface area contributed by atoms with E-state index in [4.69, 9.17) is 0 Å². The number of anilines is 1. The first-order valence-corrected chi connectivity index (χ1v) is 6.98. The highest BCUT2D eigenvalue weighted by Crippen LogP contribution is 2.34. The third kappa shape index (κ3) is 2.94. The highest BCUT2D eigenvalue weighted by atomic mass is 79.9. The van der Waals surface area contributed by atoms with Gasteiger partial charge in [0.05, 0.1) is 9.40 Å². The van der Waals surface area contributed by atoms with Gasteiger partial charge >= 0.3 is 11.7 Å². The number of pyridine rings is 1. The Hall–Kier alpha value is -2.00. The third-order valence-electron chi connectivity index (χ3n) is 2.44. The number of carboxylic acid groups (broad SMARTS) is 1. The van der Waals surface area contributed by atoms with Crippen LogP contribution < -0.4 is 5.32 Å². The van der Waals surface area contributed by atoms with Gasteiger partial charge in [-0.1, -0.05) is 6.07 Å². The lowest BCUT2D eigenvalue weighted by molar-refractivity contribution is -0.384. The fourth-order valence-corrected chi connectivity index (χ4v) is 2.76. The van der Waals surface area contributed by atoms with Gasteiger partial charge in [-0.05, 0) is 27.4 Å². The minimum Gasteiger partial charge on any atom is -0.479 e. The summed E-state index contributed by atoms with van der Waals surface area (Å²) in [6, 6.07) is 2.30. The largest absolute Gasteiger partial charge is 0.479 e. The summed E-state index contributed by atoms with van der Waals surface area (Å²) in [4.78, 5) is 26.0. The maximum atomic E-state index is 11.3. The molecule has 0 bridgehead atoms. The van der Waals surface area contributed by atoms with E-state index in [-0.39, 0.29) is 11.4 Å². The number of hydrogen-bond acceptors (Lipinski definition) is 6. The number of halogens is 1. The molecule has 0 spiro atoms. The van der Waals surface area contributed by atoms with Gasteiger partial charge < -0.3 is 10.4 Å². The van der Waals surface area contributed by atoms with Gasteiger partial charge in [0.2, 0.25) is 0 Å². The zero-order valence-corrected chi connectivity index (χ0v) is 12.2. The Kier molecular flexibility index (Phi) is 4.30. The smallest absolute Gasteiger partial charge is 0.331 e. The van der Waals surface area contributed by atoms with Crippen LogP contribution in [0.25, 0.3) is 0 Å². The topological polar surface area (TPSA) is 105 Å². The van der Waals surface area contributed by atoms with E-state index in [2.05, 4.69) is 26.2 Å². The molecule has 0 saturated carbocycles. The van der Waals surface area contributed by atoms with Crippen LogP contribution in [0.3, 0.4) is 0 Å². The molecule has 104 valence electrons.